The van der Waals surface area contributed by atoms with Gasteiger partial charge in [-0.2, -0.15) is 9.36 Å². The Bertz CT molecular complexity index is 849. The maximum absolute atomic E-state index is 9.90. The van der Waals surface area contributed by atoms with Crippen LogP contribution in [0.25, 0.3) is 10.2 Å². The van der Waals surface area contributed by atoms with E-state index in [0.29, 0.717) is 5.95 Å². The van der Waals surface area contributed by atoms with Crippen molar-refractivity contribution in [1.29, 1.82) is 0 Å². The third-order valence-corrected chi connectivity index (χ3v) is 5.59. The molecule has 0 aliphatic heterocycles. The van der Waals surface area contributed by atoms with Crippen molar-refractivity contribution in [1.82, 2.24) is 14.3 Å². The average Bonchev–Trinajstić information content (AvgIpc) is 3.06. The molecule has 1 aliphatic rings. The van der Waals surface area contributed by atoms with Crippen molar-refractivity contribution >= 4 is 49.9 Å². The third-order valence-electron chi connectivity index (χ3n) is 3.88. The molecular weight excluding hydrogens is 330 g/mol. The van der Waals surface area contributed by atoms with E-state index in [0.717, 1.165) is 39.6 Å². The summed E-state index contributed by atoms with van der Waals surface area (Å²) in [5.41, 5.74) is 1.34. The summed E-state index contributed by atoms with van der Waals surface area (Å²) in [4.78, 5) is 9.18. The lowest BCUT2D eigenvalue weighted by atomic mass is 9.77. The van der Waals surface area contributed by atoms with Gasteiger partial charge in [-0.1, -0.05) is 0 Å². The Labute approximate surface area is 141 Å². The van der Waals surface area contributed by atoms with E-state index in [2.05, 4.69) is 25.0 Å². The zero-order valence-electron chi connectivity index (χ0n) is 12.8. The highest BCUT2D eigenvalue weighted by Crippen LogP contribution is 2.36. The molecule has 0 atom stereocenters. The van der Waals surface area contributed by atoms with Crippen LogP contribution in [-0.2, 0) is 0 Å². The number of aliphatic hydroxyl groups is 1. The zero-order chi connectivity index (χ0) is 16.0. The fourth-order valence-corrected chi connectivity index (χ4v) is 4.29. The number of hydrogen-bond donors (Lipinski definition) is 3. The summed E-state index contributed by atoms with van der Waals surface area (Å²) in [7, 11) is 0. The topological polar surface area (TPSA) is 83.0 Å². The highest BCUT2D eigenvalue weighted by molar-refractivity contribution is 7.17. The van der Waals surface area contributed by atoms with Crippen LogP contribution in [0.3, 0.4) is 0 Å². The van der Waals surface area contributed by atoms with Gasteiger partial charge in [0.05, 0.1) is 21.5 Å². The summed E-state index contributed by atoms with van der Waals surface area (Å²) < 4.78 is 5.30. The molecule has 0 amide bonds. The quantitative estimate of drug-likeness (QED) is 0.670. The maximum atomic E-state index is 9.90. The summed E-state index contributed by atoms with van der Waals surface area (Å²) in [5, 5.41) is 19.5. The molecule has 1 saturated carbocycles. The van der Waals surface area contributed by atoms with Crippen molar-refractivity contribution < 1.29 is 5.11 Å². The van der Waals surface area contributed by atoms with E-state index < -0.39 is 5.60 Å². The minimum Gasteiger partial charge on any atom is -0.390 e. The molecule has 0 spiro atoms. The summed E-state index contributed by atoms with van der Waals surface area (Å²) in [5.74, 6) is 1.39. The molecule has 0 unspecified atom stereocenters. The predicted octanol–water partition coefficient (Wildman–Crippen LogP) is 3.53. The maximum Gasteiger partial charge on any atom is 0.230 e. The Kier molecular flexibility index (Phi) is 3.47. The van der Waals surface area contributed by atoms with Crippen LogP contribution in [0.15, 0.2) is 17.5 Å². The van der Waals surface area contributed by atoms with Crippen LogP contribution in [0.5, 0.6) is 0 Å². The van der Waals surface area contributed by atoms with E-state index in [1.807, 2.05) is 31.4 Å². The van der Waals surface area contributed by atoms with Gasteiger partial charge in [-0.25, -0.2) is 4.98 Å². The van der Waals surface area contributed by atoms with Gasteiger partial charge in [0.2, 0.25) is 5.95 Å². The standard InChI is InChI=1S/C15H17N5OS2/c1-8-5-11(23-20-8)18-14-17-10-3-4-22-12(10)13(19-14)16-9-6-15(2,21)7-9/h3-5,9,21H,6-7H2,1-2H3,(H2,16,17,18,19)/t9-,15+. The first-order valence-corrected chi connectivity index (χ1v) is 9.08. The largest absolute Gasteiger partial charge is 0.390 e. The minimum atomic E-state index is -0.555. The lowest BCUT2D eigenvalue weighted by molar-refractivity contribution is -0.0234. The number of thiophene rings is 1. The third kappa shape index (κ3) is 3.01. The van der Waals surface area contributed by atoms with E-state index in [4.69, 9.17) is 0 Å². The molecule has 3 heterocycles. The van der Waals surface area contributed by atoms with Crippen LogP contribution in [0.4, 0.5) is 16.8 Å². The molecule has 1 aliphatic carbocycles. The molecule has 8 heteroatoms. The molecule has 1 fully saturated rings. The van der Waals surface area contributed by atoms with Gasteiger partial charge in [-0.15, -0.1) is 11.3 Å². The Balaban J connectivity index is 1.62. The van der Waals surface area contributed by atoms with Crippen molar-refractivity contribution in [2.24, 2.45) is 0 Å². The Morgan fingerprint density at radius 1 is 1.35 bits per heavy atom. The Morgan fingerprint density at radius 2 is 2.17 bits per heavy atom. The van der Waals surface area contributed by atoms with Crippen LogP contribution < -0.4 is 10.6 Å². The van der Waals surface area contributed by atoms with Gasteiger partial charge in [0.1, 0.15) is 10.8 Å². The fourth-order valence-electron chi connectivity index (χ4n) is 2.85. The monoisotopic (exact) mass is 347 g/mol. The minimum absolute atomic E-state index is 0.253. The number of aromatic nitrogens is 3. The van der Waals surface area contributed by atoms with E-state index >= 15 is 0 Å². The van der Waals surface area contributed by atoms with Crippen molar-refractivity contribution in [2.45, 2.75) is 38.3 Å². The number of aryl methyl sites for hydroxylation is 1. The first kappa shape index (κ1) is 14.8. The molecule has 0 saturated heterocycles. The molecule has 0 bridgehead atoms. The SMILES string of the molecule is Cc1cc(Nc2nc(N[C@H]3C[C@@](C)(O)C3)c3sccc3n2)sn1. The van der Waals surface area contributed by atoms with Crippen molar-refractivity contribution in [3.05, 3.63) is 23.2 Å². The van der Waals surface area contributed by atoms with Crippen LogP contribution >= 0.6 is 22.9 Å². The highest BCUT2D eigenvalue weighted by atomic mass is 32.1. The van der Waals surface area contributed by atoms with E-state index in [-0.39, 0.29) is 6.04 Å². The molecule has 120 valence electrons. The molecule has 0 radical (unpaired) electrons. The van der Waals surface area contributed by atoms with Gasteiger partial charge in [0.15, 0.2) is 0 Å². The predicted molar refractivity (Wildman–Crippen MR) is 94.8 cm³/mol. The van der Waals surface area contributed by atoms with Crippen molar-refractivity contribution in [3.8, 4) is 0 Å². The lowest BCUT2D eigenvalue weighted by Gasteiger charge is -2.41. The first-order chi connectivity index (χ1) is 11.0. The molecule has 3 aromatic rings. The second-order valence-corrected chi connectivity index (χ2v) is 7.96. The molecule has 6 nitrogen and oxygen atoms in total. The second kappa shape index (κ2) is 5.40. The summed E-state index contributed by atoms with van der Waals surface area (Å²) in [6.07, 6.45) is 1.47. The van der Waals surface area contributed by atoms with Gasteiger partial charge in [0, 0.05) is 6.04 Å². The fraction of sp³-hybridized carbons (Fsp3) is 0.400. The summed E-state index contributed by atoms with van der Waals surface area (Å²) in [6, 6.07) is 4.22. The lowest BCUT2D eigenvalue weighted by Crippen LogP contribution is -2.48. The number of anilines is 3. The number of hydrogen-bond acceptors (Lipinski definition) is 8. The van der Waals surface area contributed by atoms with Crippen LogP contribution in [0.1, 0.15) is 25.5 Å². The normalized spacial score (nSPS) is 23.7. The summed E-state index contributed by atoms with van der Waals surface area (Å²) in [6.45, 7) is 3.82. The number of fused-ring (bicyclic) bond motifs is 1. The smallest absolute Gasteiger partial charge is 0.230 e. The Hall–Kier alpha value is -1.77. The summed E-state index contributed by atoms with van der Waals surface area (Å²) >= 11 is 3.02. The zero-order valence-corrected chi connectivity index (χ0v) is 14.5. The molecule has 4 rings (SSSR count). The van der Waals surface area contributed by atoms with Gasteiger partial charge >= 0.3 is 0 Å². The van der Waals surface area contributed by atoms with Gasteiger partial charge in [-0.05, 0) is 55.7 Å². The van der Waals surface area contributed by atoms with Gasteiger partial charge in [-0.3, -0.25) is 0 Å². The van der Waals surface area contributed by atoms with E-state index in [9.17, 15) is 5.11 Å². The van der Waals surface area contributed by atoms with E-state index in [1.54, 1.807) is 11.3 Å². The molecular formula is C15H17N5OS2. The van der Waals surface area contributed by atoms with Crippen LogP contribution in [0, 0.1) is 6.92 Å². The van der Waals surface area contributed by atoms with Gasteiger partial charge < -0.3 is 15.7 Å². The van der Waals surface area contributed by atoms with E-state index in [1.165, 1.54) is 11.5 Å². The van der Waals surface area contributed by atoms with Crippen molar-refractivity contribution in [2.75, 3.05) is 10.6 Å². The molecule has 23 heavy (non-hydrogen) atoms. The number of nitrogens with zero attached hydrogens (tertiary/aromatic N) is 3. The Morgan fingerprint density at radius 3 is 2.87 bits per heavy atom. The highest BCUT2D eigenvalue weighted by Gasteiger charge is 2.38. The van der Waals surface area contributed by atoms with Crippen LogP contribution in [-0.4, -0.2) is 31.1 Å². The van der Waals surface area contributed by atoms with Crippen LogP contribution in [0.2, 0.25) is 0 Å². The molecule has 0 aromatic carbocycles. The first-order valence-electron chi connectivity index (χ1n) is 7.43. The average molecular weight is 347 g/mol. The number of rotatable bonds is 4. The molecule has 3 aromatic heterocycles. The molecule has 3 N–H and O–H groups in total. The van der Waals surface area contributed by atoms with Gasteiger partial charge in [0.25, 0.3) is 0 Å². The second-order valence-electron chi connectivity index (χ2n) is 6.23. The van der Waals surface area contributed by atoms with Crippen molar-refractivity contribution in [3.63, 3.8) is 0 Å². The number of nitrogens with one attached hydrogen (secondary N) is 2.